The van der Waals surface area contributed by atoms with Crippen molar-refractivity contribution in [2.24, 2.45) is 11.8 Å². The Morgan fingerprint density at radius 3 is 2.50 bits per heavy atom. The number of nitrogens with zero attached hydrogens (tertiary/aromatic N) is 3. The minimum atomic E-state index is -0.410. The van der Waals surface area contributed by atoms with Crippen molar-refractivity contribution in [3.05, 3.63) is 12.4 Å². The fourth-order valence-electron chi connectivity index (χ4n) is 3.20. The second-order valence-electron chi connectivity index (χ2n) is 7.77. The van der Waals surface area contributed by atoms with Gasteiger partial charge in [0.15, 0.2) is 0 Å². The highest BCUT2D eigenvalue weighted by molar-refractivity contribution is 6.61. The van der Waals surface area contributed by atoms with Gasteiger partial charge in [0.1, 0.15) is 0 Å². The zero-order valence-corrected chi connectivity index (χ0v) is 15.0. The summed E-state index contributed by atoms with van der Waals surface area (Å²) < 4.78 is 19.3. The van der Waals surface area contributed by atoms with Crippen molar-refractivity contribution in [1.82, 2.24) is 9.78 Å². The second kappa shape index (κ2) is 6.51. The molecule has 3 rings (SSSR count). The molecule has 130 valence electrons. The highest BCUT2D eigenvalue weighted by Gasteiger charge is 2.52. The van der Waals surface area contributed by atoms with Crippen molar-refractivity contribution >= 4 is 12.6 Å². The molecule has 0 aliphatic carbocycles. The summed E-state index contributed by atoms with van der Waals surface area (Å²) in [6.45, 7) is 10.2. The van der Waals surface area contributed by atoms with Crippen molar-refractivity contribution < 1.29 is 14.0 Å². The van der Waals surface area contributed by atoms with Crippen molar-refractivity contribution in [2.45, 2.75) is 58.3 Å². The molecule has 0 aromatic carbocycles. The van der Waals surface area contributed by atoms with E-state index in [0.29, 0.717) is 12.5 Å². The van der Waals surface area contributed by atoms with Crippen LogP contribution in [0.4, 0.5) is 0 Å². The van der Waals surface area contributed by atoms with E-state index in [0.717, 1.165) is 31.5 Å². The molecule has 1 aromatic rings. The summed E-state index contributed by atoms with van der Waals surface area (Å²) in [5.74, 6) is 0.341. The largest absolute Gasteiger partial charge is 0.498 e. The normalized spacial score (nSPS) is 24.7. The van der Waals surface area contributed by atoms with Crippen molar-refractivity contribution in [3.8, 4) is 6.07 Å². The first kappa shape index (κ1) is 17.5. The Morgan fingerprint density at radius 2 is 1.92 bits per heavy atom. The van der Waals surface area contributed by atoms with E-state index in [1.807, 2.05) is 38.6 Å². The highest BCUT2D eigenvalue weighted by atomic mass is 16.7. The predicted octanol–water partition coefficient (Wildman–Crippen LogP) is 1.75. The van der Waals surface area contributed by atoms with E-state index in [4.69, 9.17) is 14.0 Å². The maximum Gasteiger partial charge on any atom is 0.498 e. The van der Waals surface area contributed by atoms with Crippen LogP contribution in [-0.2, 0) is 20.6 Å². The number of hydrogen-bond acceptors (Lipinski definition) is 5. The minimum Gasteiger partial charge on any atom is -0.399 e. The molecule has 3 heterocycles. The topological polar surface area (TPSA) is 69.3 Å². The molecule has 7 heteroatoms. The third-order valence-corrected chi connectivity index (χ3v) is 5.56. The van der Waals surface area contributed by atoms with Crippen LogP contribution in [0.5, 0.6) is 0 Å². The van der Waals surface area contributed by atoms with Crippen molar-refractivity contribution in [1.29, 1.82) is 5.26 Å². The van der Waals surface area contributed by atoms with Gasteiger partial charge in [-0.1, -0.05) is 0 Å². The van der Waals surface area contributed by atoms with Gasteiger partial charge < -0.3 is 14.0 Å². The Hall–Kier alpha value is -1.36. The zero-order valence-electron chi connectivity index (χ0n) is 15.0. The van der Waals surface area contributed by atoms with Crippen LogP contribution in [-0.4, -0.2) is 41.3 Å². The van der Waals surface area contributed by atoms with E-state index in [1.165, 1.54) is 0 Å². The Morgan fingerprint density at radius 1 is 1.29 bits per heavy atom. The van der Waals surface area contributed by atoms with Gasteiger partial charge in [0.25, 0.3) is 0 Å². The van der Waals surface area contributed by atoms with Gasteiger partial charge in [-0.25, -0.2) is 0 Å². The molecule has 1 aromatic heterocycles. The summed E-state index contributed by atoms with van der Waals surface area (Å²) in [5, 5.41) is 13.9. The lowest BCUT2D eigenvalue weighted by Crippen LogP contribution is -2.41. The van der Waals surface area contributed by atoms with Crippen LogP contribution in [0, 0.1) is 23.2 Å². The first-order valence-electron chi connectivity index (χ1n) is 8.68. The van der Waals surface area contributed by atoms with E-state index < -0.39 is 7.12 Å². The van der Waals surface area contributed by atoms with E-state index in [2.05, 4.69) is 11.2 Å². The quantitative estimate of drug-likeness (QED) is 0.786. The molecule has 1 atom stereocenters. The van der Waals surface area contributed by atoms with Gasteiger partial charge >= 0.3 is 7.12 Å². The lowest BCUT2D eigenvalue weighted by Gasteiger charge is -2.32. The molecule has 0 saturated carbocycles. The zero-order chi connectivity index (χ0) is 17.4. The maximum absolute atomic E-state index is 9.51. The molecular formula is C17H26BN3O3. The number of nitriles is 1. The van der Waals surface area contributed by atoms with Gasteiger partial charge in [0.05, 0.1) is 29.7 Å². The third kappa shape index (κ3) is 3.37. The monoisotopic (exact) mass is 331 g/mol. The van der Waals surface area contributed by atoms with Gasteiger partial charge in [-0.2, -0.15) is 10.4 Å². The summed E-state index contributed by atoms with van der Waals surface area (Å²) in [7, 11) is -0.410. The smallest absolute Gasteiger partial charge is 0.399 e. The highest BCUT2D eigenvalue weighted by Crippen LogP contribution is 2.36. The summed E-state index contributed by atoms with van der Waals surface area (Å²) in [5.41, 5.74) is 0.172. The van der Waals surface area contributed by atoms with Crippen molar-refractivity contribution in [3.63, 3.8) is 0 Å². The molecule has 0 amide bonds. The van der Waals surface area contributed by atoms with Crippen LogP contribution in [0.25, 0.3) is 0 Å². The van der Waals surface area contributed by atoms with E-state index >= 15 is 0 Å². The standard InChI is InChI=1S/C17H26BN3O3/c1-16(2)17(3,4)24-18(23-16)15-10-20-21(12-15)11-14(9-19)13-5-7-22-8-6-13/h10,12-14H,5-8,11H2,1-4H3. The lowest BCUT2D eigenvalue weighted by molar-refractivity contribution is 0.00578. The molecule has 1 unspecified atom stereocenters. The Bertz CT molecular complexity index is 601. The van der Waals surface area contributed by atoms with Crippen LogP contribution >= 0.6 is 0 Å². The van der Waals surface area contributed by atoms with Crippen LogP contribution < -0.4 is 5.46 Å². The molecule has 2 fully saturated rings. The number of rotatable bonds is 4. The van der Waals surface area contributed by atoms with E-state index in [1.54, 1.807) is 6.20 Å². The molecular weight excluding hydrogens is 305 g/mol. The molecule has 0 radical (unpaired) electrons. The van der Waals surface area contributed by atoms with Gasteiger partial charge in [-0.3, -0.25) is 4.68 Å². The number of ether oxygens (including phenoxy) is 1. The summed E-state index contributed by atoms with van der Waals surface area (Å²) in [6, 6.07) is 2.45. The van der Waals surface area contributed by atoms with Gasteiger partial charge in [-0.05, 0) is 46.5 Å². The molecule has 0 N–H and O–H groups in total. The van der Waals surface area contributed by atoms with E-state index in [9.17, 15) is 5.26 Å². The summed E-state index contributed by atoms with van der Waals surface area (Å²) in [6.07, 6.45) is 5.61. The Labute approximate surface area is 144 Å². The third-order valence-electron chi connectivity index (χ3n) is 5.56. The summed E-state index contributed by atoms with van der Waals surface area (Å²) in [4.78, 5) is 0. The maximum atomic E-state index is 9.51. The van der Waals surface area contributed by atoms with Gasteiger partial charge in [-0.15, -0.1) is 0 Å². The Balaban J connectivity index is 1.66. The van der Waals surface area contributed by atoms with Gasteiger partial charge in [0, 0.05) is 31.1 Å². The van der Waals surface area contributed by atoms with Crippen LogP contribution in [0.1, 0.15) is 40.5 Å². The van der Waals surface area contributed by atoms with E-state index in [-0.39, 0.29) is 17.1 Å². The first-order valence-corrected chi connectivity index (χ1v) is 8.68. The summed E-state index contributed by atoms with van der Waals surface area (Å²) >= 11 is 0. The number of hydrogen-bond donors (Lipinski definition) is 0. The van der Waals surface area contributed by atoms with Gasteiger partial charge in [0.2, 0.25) is 0 Å². The molecule has 6 nitrogen and oxygen atoms in total. The average molecular weight is 331 g/mol. The fraction of sp³-hybridized carbons (Fsp3) is 0.765. The molecule has 0 spiro atoms. The van der Waals surface area contributed by atoms with Crippen molar-refractivity contribution in [2.75, 3.05) is 13.2 Å². The lowest BCUT2D eigenvalue weighted by atomic mass is 9.82. The average Bonchev–Trinajstić information content (AvgIpc) is 3.08. The first-order chi connectivity index (χ1) is 11.3. The molecule has 2 aliphatic heterocycles. The van der Waals surface area contributed by atoms with Crippen LogP contribution in [0.15, 0.2) is 12.4 Å². The van der Waals surface area contributed by atoms with Crippen LogP contribution in [0.3, 0.4) is 0 Å². The molecule has 0 bridgehead atoms. The second-order valence-corrected chi connectivity index (χ2v) is 7.77. The minimum absolute atomic E-state index is 0.0417. The Kier molecular flexibility index (Phi) is 4.74. The van der Waals surface area contributed by atoms with Crippen LogP contribution in [0.2, 0.25) is 0 Å². The molecule has 2 saturated heterocycles. The SMILES string of the molecule is CC1(C)OB(c2cnn(CC(C#N)C3CCOCC3)c2)OC1(C)C. The predicted molar refractivity (Wildman–Crippen MR) is 90.6 cm³/mol. The molecule has 2 aliphatic rings. The fourth-order valence-corrected chi connectivity index (χ4v) is 3.20. The molecule has 24 heavy (non-hydrogen) atoms. The number of aromatic nitrogens is 2.